The van der Waals surface area contributed by atoms with Gasteiger partial charge in [-0.05, 0) is 18.2 Å². The van der Waals surface area contributed by atoms with Crippen LogP contribution in [0.5, 0.6) is 0 Å². The number of anilines is 1. The summed E-state index contributed by atoms with van der Waals surface area (Å²) in [5.74, 6) is 0.401. The number of carbonyl (C=O) groups is 1. The molecular formula is C12H13N7O. The van der Waals surface area contributed by atoms with Crippen LogP contribution in [0.25, 0.3) is 10.9 Å². The lowest BCUT2D eigenvalue weighted by molar-refractivity contribution is 0.0777. The van der Waals surface area contributed by atoms with E-state index >= 15 is 0 Å². The van der Waals surface area contributed by atoms with E-state index in [1.54, 1.807) is 25.2 Å². The van der Waals surface area contributed by atoms with Crippen LogP contribution < -0.4 is 5.73 Å². The first-order valence-electron chi connectivity index (χ1n) is 5.98. The Bertz CT molecular complexity index is 746. The van der Waals surface area contributed by atoms with Crippen LogP contribution in [0.4, 0.5) is 5.69 Å². The zero-order chi connectivity index (χ0) is 14.1. The first kappa shape index (κ1) is 12.2. The third-order valence-electron chi connectivity index (χ3n) is 2.99. The summed E-state index contributed by atoms with van der Waals surface area (Å²) in [6.45, 7) is 0.329. The van der Waals surface area contributed by atoms with E-state index < -0.39 is 0 Å². The van der Waals surface area contributed by atoms with Crippen LogP contribution in [0.15, 0.2) is 24.5 Å². The quantitative estimate of drug-likeness (QED) is 0.601. The fourth-order valence-corrected chi connectivity index (χ4v) is 1.98. The van der Waals surface area contributed by atoms with Crippen molar-refractivity contribution in [2.24, 2.45) is 0 Å². The van der Waals surface area contributed by atoms with E-state index in [2.05, 4.69) is 25.4 Å². The summed E-state index contributed by atoms with van der Waals surface area (Å²) in [4.78, 5) is 17.9. The number of hydrogen-bond acceptors (Lipinski definition) is 5. The Labute approximate surface area is 114 Å². The predicted octanol–water partition coefficient (Wildman–Crippen LogP) is 0.535. The number of nitrogens with one attached hydrogen (secondary N) is 2. The van der Waals surface area contributed by atoms with Crippen molar-refractivity contribution in [1.82, 2.24) is 30.3 Å². The lowest BCUT2D eigenvalue weighted by atomic mass is 10.2. The number of fused-ring (bicyclic) bond motifs is 1. The Morgan fingerprint density at radius 1 is 1.40 bits per heavy atom. The summed E-state index contributed by atoms with van der Waals surface area (Å²) in [5, 5.41) is 14.1. The minimum absolute atomic E-state index is 0.210. The van der Waals surface area contributed by atoms with Crippen molar-refractivity contribution in [3.8, 4) is 0 Å². The van der Waals surface area contributed by atoms with Crippen LogP contribution in [0.2, 0.25) is 0 Å². The molecule has 0 aliphatic rings. The number of benzene rings is 1. The molecule has 20 heavy (non-hydrogen) atoms. The minimum Gasteiger partial charge on any atom is -0.399 e. The molecule has 0 atom stereocenters. The Morgan fingerprint density at radius 3 is 3.00 bits per heavy atom. The highest BCUT2D eigenvalue weighted by molar-refractivity contribution is 6.05. The van der Waals surface area contributed by atoms with Crippen molar-refractivity contribution in [2.45, 2.75) is 6.54 Å². The lowest BCUT2D eigenvalue weighted by Crippen LogP contribution is -2.27. The standard InChI is InChI=1S/C12H13N7O/c1-19(5-10-14-6-15-17-10)12(20)11-8-4-7(13)2-3-9(8)16-18-11/h2-4,6H,5,13H2,1H3,(H,16,18)(H,14,15,17). The molecule has 8 heteroatoms. The number of nitrogens with two attached hydrogens (primary N) is 1. The van der Waals surface area contributed by atoms with Gasteiger partial charge >= 0.3 is 0 Å². The molecule has 0 spiro atoms. The van der Waals surface area contributed by atoms with E-state index in [1.807, 2.05) is 0 Å². The van der Waals surface area contributed by atoms with Gasteiger partial charge in [-0.2, -0.15) is 10.2 Å². The third-order valence-corrected chi connectivity index (χ3v) is 2.99. The molecule has 3 rings (SSSR count). The maximum absolute atomic E-state index is 12.4. The average Bonchev–Trinajstić information content (AvgIpc) is 3.06. The number of aromatic amines is 2. The summed E-state index contributed by atoms with van der Waals surface area (Å²) < 4.78 is 0. The zero-order valence-electron chi connectivity index (χ0n) is 10.8. The maximum atomic E-state index is 12.4. The molecule has 2 aromatic heterocycles. The number of nitrogen functional groups attached to an aromatic ring is 1. The van der Waals surface area contributed by atoms with Crippen LogP contribution in [0.3, 0.4) is 0 Å². The first-order chi connectivity index (χ1) is 9.65. The SMILES string of the molecule is CN(Cc1ncn[nH]1)C(=O)c1n[nH]c2ccc(N)cc12. The Kier molecular flexibility index (Phi) is 2.82. The van der Waals surface area contributed by atoms with Crippen LogP contribution in [-0.2, 0) is 6.54 Å². The molecule has 8 nitrogen and oxygen atoms in total. The molecule has 0 unspecified atom stereocenters. The van der Waals surface area contributed by atoms with Gasteiger partial charge in [0.05, 0.1) is 12.1 Å². The van der Waals surface area contributed by atoms with Gasteiger partial charge in [0.2, 0.25) is 0 Å². The van der Waals surface area contributed by atoms with E-state index in [0.29, 0.717) is 29.1 Å². The molecule has 4 N–H and O–H groups in total. The second-order valence-corrected chi connectivity index (χ2v) is 4.47. The Morgan fingerprint density at radius 2 is 2.25 bits per heavy atom. The minimum atomic E-state index is -0.210. The third kappa shape index (κ3) is 2.07. The van der Waals surface area contributed by atoms with Crippen molar-refractivity contribution in [3.05, 3.63) is 36.0 Å². The van der Waals surface area contributed by atoms with Gasteiger partial charge in [-0.25, -0.2) is 4.98 Å². The molecule has 0 bridgehead atoms. The van der Waals surface area contributed by atoms with Gasteiger partial charge in [-0.1, -0.05) is 0 Å². The number of aromatic nitrogens is 5. The fraction of sp³-hybridized carbons (Fsp3) is 0.167. The number of rotatable bonds is 3. The highest BCUT2D eigenvalue weighted by atomic mass is 16.2. The number of H-pyrrole nitrogens is 2. The summed E-state index contributed by atoms with van der Waals surface area (Å²) in [7, 11) is 1.68. The summed E-state index contributed by atoms with van der Waals surface area (Å²) in [5.41, 5.74) is 7.45. The number of hydrogen-bond donors (Lipinski definition) is 3. The Balaban J connectivity index is 1.90. The van der Waals surface area contributed by atoms with Crippen molar-refractivity contribution >= 4 is 22.5 Å². The Hall–Kier alpha value is -2.90. The van der Waals surface area contributed by atoms with E-state index in [1.165, 1.54) is 11.2 Å². The van der Waals surface area contributed by atoms with Gasteiger partial charge in [-0.15, -0.1) is 0 Å². The zero-order valence-corrected chi connectivity index (χ0v) is 10.8. The smallest absolute Gasteiger partial charge is 0.275 e. The molecule has 1 amide bonds. The van der Waals surface area contributed by atoms with E-state index in [4.69, 9.17) is 5.73 Å². The molecule has 0 saturated carbocycles. The monoisotopic (exact) mass is 271 g/mol. The molecular weight excluding hydrogens is 258 g/mol. The molecule has 102 valence electrons. The second kappa shape index (κ2) is 4.65. The lowest BCUT2D eigenvalue weighted by Gasteiger charge is -2.14. The van der Waals surface area contributed by atoms with Crippen molar-refractivity contribution in [2.75, 3.05) is 12.8 Å². The number of nitrogens with zero attached hydrogens (tertiary/aromatic N) is 4. The summed E-state index contributed by atoms with van der Waals surface area (Å²) in [6, 6.07) is 5.28. The molecule has 0 fully saturated rings. The van der Waals surface area contributed by atoms with Gasteiger partial charge in [0, 0.05) is 18.1 Å². The molecule has 1 aromatic carbocycles. The summed E-state index contributed by atoms with van der Waals surface area (Å²) in [6.07, 6.45) is 1.40. The molecule has 0 aliphatic heterocycles. The maximum Gasteiger partial charge on any atom is 0.275 e. The highest BCUT2D eigenvalue weighted by Gasteiger charge is 2.19. The summed E-state index contributed by atoms with van der Waals surface area (Å²) >= 11 is 0. The van der Waals surface area contributed by atoms with E-state index in [0.717, 1.165) is 5.52 Å². The van der Waals surface area contributed by atoms with Gasteiger partial charge in [0.25, 0.3) is 5.91 Å². The number of amides is 1. The van der Waals surface area contributed by atoms with Crippen LogP contribution in [0, 0.1) is 0 Å². The van der Waals surface area contributed by atoms with Crippen molar-refractivity contribution in [3.63, 3.8) is 0 Å². The van der Waals surface area contributed by atoms with Gasteiger partial charge in [-0.3, -0.25) is 15.0 Å². The van der Waals surface area contributed by atoms with Gasteiger partial charge in [0.1, 0.15) is 12.2 Å². The molecule has 2 heterocycles. The second-order valence-electron chi connectivity index (χ2n) is 4.47. The fourth-order valence-electron chi connectivity index (χ4n) is 1.98. The van der Waals surface area contributed by atoms with Gasteiger partial charge in [0.15, 0.2) is 5.69 Å². The van der Waals surface area contributed by atoms with Crippen LogP contribution in [0.1, 0.15) is 16.3 Å². The van der Waals surface area contributed by atoms with Crippen LogP contribution in [-0.4, -0.2) is 43.2 Å². The largest absolute Gasteiger partial charge is 0.399 e. The molecule has 0 saturated heterocycles. The van der Waals surface area contributed by atoms with Crippen molar-refractivity contribution in [1.29, 1.82) is 0 Å². The molecule has 3 aromatic rings. The average molecular weight is 271 g/mol. The normalized spacial score (nSPS) is 10.8. The molecule has 0 aliphatic carbocycles. The first-order valence-corrected chi connectivity index (χ1v) is 5.98. The topological polar surface area (TPSA) is 117 Å². The predicted molar refractivity (Wildman–Crippen MR) is 72.7 cm³/mol. The van der Waals surface area contributed by atoms with Crippen molar-refractivity contribution < 1.29 is 4.79 Å². The van der Waals surface area contributed by atoms with E-state index in [9.17, 15) is 4.79 Å². The van der Waals surface area contributed by atoms with Gasteiger partial charge < -0.3 is 10.6 Å². The van der Waals surface area contributed by atoms with E-state index in [-0.39, 0.29) is 5.91 Å². The molecule has 0 radical (unpaired) electrons. The number of carbonyl (C=O) groups excluding carboxylic acids is 1. The van der Waals surface area contributed by atoms with Crippen LogP contribution >= 0.6 is 0 Å². The highest BCUT2D eigenvalue weighted by Crippen LogP contribution is 2.20.